The molecule has 6 heterocycles. The monoisotopic (exact) mass is 1050 g/mol. The van der Waals surface area contributed by atoms with Crippen molar-refractivity contribution in [1.29, 1.82) is 0 Å². The standard InChI is InChI=1S/C25H32N6O2S.C22H23N3O2.C9H15N3OS/c1-17-4-6-18(7-5-17)31-22(20-8-10-25(2,3)21(20)29-31)27-23(32)28-24-26-16-19(34-24)9-11-30-12-14-33-15-13-30;1-15-9-11-16(12-10-15)25-20(18-13-14-22(2,3)19(18)24-25)23-21(26)27-17-7-5-4-6-8-17;10-9-11-7-8(14-9)1-2-12-3-5-13-6-4-12/h4-7,16H,8-15H2,1-3H3,(H2,26,27,28,32);4-12H,13-14H2,1-3H3,(H,23,26);7H,1-6H2,(H2,10,11). The number of benzene rings is 3. The summed E-state index contributed by atoms with van der Waals surface area (Å²) in [5, 5.41) is 20.0. The molecule has 0 saturated carbocycles. The highest BCUT2D eigenvalue weighted by Crippen LogP contribution is 2.43. The van der Waals surface area contributed by atoms with Crippen molar-refractivity contribution in [3.63, 3.8) is 0 Å². The van der Waals surface area contributed by atoms with Gasteiger partial charge >= 0.3 is 12.1 Å². The van der Waals surface area contributed by atoms with Crippen molar-refractivity contribution >= 4 is 56.7 Å². The van der Waals surface area contributed by atoms with Gasteiger partial charge in [0.15, 0.2) is 10.3 Å². The van der Waals surface area contributed by atoms with Crippen molar-refractivity contribution < 1.29 is 23.8 Å². The Hall–Kier alpha value is -6.48. The number of carbonyl (C=O) groups excluding carboxylic acids is 2. The van der Waals surface area contributed by atoms with Crippen LogP contribution in [0.1, 0.15) is 83.9 Å². The molecule has 3 amide bonds. The molecule has 0 unspecified atom stereocenters. The van der Waals surface area contributed by atoms with Crippen LogP contribution in [-0.2, 0) is 46.0 Å². The molecule has 17 nitrogen and oxygen atoms in total. The molecule has 396 valence electrons. The van der Waals surface area contributed by atoms with Crippen molar-refractivity contribution in [2.45, 2.75) is 90.9 Å². The van der Waals surface area contributed by atoms with E-state index in [9.17, 15) is 9.59 Å². The fraction of sp³-hybridized carbons (Fsp3) is 0.429. The van der Waals surface area contributed by atoms with E-state index in [1.165, 1.54) is 27.3 Å². The summed E-state index contributed by atoms with van der Waals surface area (Å²) in [6.45, 7) is 22.4. The van der Waals surface area contributed by atoms with Crippen molar-refractivity contribution in [1.82, 2.24) is 39.3 Å². The van der Waals surface area contributed by atoms with Crippen LogP contribution in [0.3, 0.4) is 0 Å². The number of morpholine rings is 2. The van der Waals surface area contributed by atoms with Gasteiger partial charge in [-0.15, -0.1) is 22.7 Å². The zero-order chi connectivity index (χ0) is 52.5. The third-order valence-electron chi connectivity index (χ3n) is 14.1. The summed E-state index contributed by atoms with van der Waals surface area (Å²) >= 11 is 3.11. The number of nitrogens with zero attached hydrogens (tertiary/aromatic N) is 8. The highest BCUT2D eigenvalue weighted by molar-refractivity contribution is 7.15. The van der Waals surface area contributed by atoms with Gasteiger partial charge in [0, 0.05) is 83.4 Å². The first-order valence-electron chi connectivity index (χ1n) is 25.9. The first kappa shape index (κ1) is 53.3. The van der Waals surface area contributed by atoms with E-state index >= 15 is 0 Å². The van der Waals surface area contributed by atoms with Gasteiger partial charge in [0.25, 0.3) is 0 Å². The minimum Gasteiger partial charge on any atom is -0.410 e. The third kappa shape index (κ3) is 13.7. The van der Waals surface area contributed by atoms with Crippen LogP contribution in [0.25, 0.3) is 11.4 Å². The summed E-state index contributed by atoms with van der Waals surface area (Å²) < 4.78 is 19.8. The van der Waals surface area contributed by atoms with E-state index in [1.807, 2.05) is 83.3 Å². The Bertz CT molecular complexity index is 3010. The lowest BCUT2D eigenvalue weighted by atomic mass is 9.91. The number of aromatic nitrogens is 6. The summed E-state index contributed by atoms with van der Waals surface area (Å²) in [5.41, 5.74) is 14.1. The van der Waals surface area contributed by atoms with Gasteiger partial charge < -0.3 is 19.9 Å². The molecule has 0 atom stereocenters. The molecule has 2 aliphatic heterocycles. The molecule has 2 fully saturated rings. The van der Waals surface area contributed by atoms with E-state index in [1.54, 1.807) is 23.5 Å². The molecular formula is C56H70N12O5S2. The van der Waals surface area contributed by atoms with E-state index in [2.05, 4.69) is 82.5 Å². The summed E-state index contributed by atoms with van der Waals surface area (Å²) in [6, 6.07) is 25.1. The number of rotatable bonds is 12. The summed E-state index contributed by atoms with van der Waals surface area (Å²) in [6.07, 6.45) is 9.01. The molecule has 0 bridgehead atoms. The van der Waals surface area contributed by atoms with E-state index < -0.39 is 6.09 Å². The Kier molecular flexibility index (Phi) is 17.1. The molecule has 0 radical (unpaired) electrons. The number of aryl methyl sites for hydroxylation is 2. The fourth-order valence-corrected chi connectivity index (χ4v) is 11.1. The lowest BCUT2D eigenvalue weighted by molar-refractivity contribution is 0.0385. The number of amides is 3. The van der Waals surface area contributed by atoms with Gasteiger partial charge in [-0.3, -0.25) is 25.8 Å². The van der Waals surface area contributed by atoms with E-state index in [0.29, 0.717) is 21.8 Å². The number of nitrogens with one attached hydrogen (secondary N) is 3. The van der Waals surface area contributed by atoms with Gasteiger partial charge in [-0.05, 0) is 88.8 Å². The number of thiazole rings is 2. The van der Waals surface area contributed by atoms with Crippen LogP contribution >= 0.6 is 22.7 Å². The van der Waals surface area contributed by atoms with Gasteiger partial charge in [-0.2, -0.15) is 10.2 Å². The first-order chi connectivity index (χ1) is 36.2. The second-order valence-corrected chi connectivity index (χ2v) is 23.0. The second-order valence-electron chi connectivity index (χ2n) is 20.7. The average Bonchev–Trinajstić information content (AvgIpc) is 4.28. The second kappa shape index (κ2) is 24.0. The molecule has 7 aromatic rings. The number of anilines is 4. The smallest absolute Gasteiger partial charge is 0.410 e. The normalized spacial score (nSPS) is 16.7. The van der Waals surface area contributed by atoms with Gasteiger partial charge in [-0.25, -0.2) is 28.9 Å². The summed E-state index contributed by atoms with van der Waals surface area (Å²) in [5.74, 6) is 1.94. The number of carbonyl (C=O) groups is 2. The number of nitrogen functional groups attached to an aromatic ring is 1. The van der Waals surface area contributed by atoms with Crippen molar-refractivity contribution in [2.24, 2.45) is 0 Å². The van der Waals surface area contributed by atoms with Crippen LogP contribution in [0, 0.1) is 13.8 Å². The number of para-hydroxylation sites is 1. The lowest BCUT2D eigenvalue weighted by Crippen LogP contribution is -2.37. The highest BCUT2D eigenvalue weighted by Gasteiger charge is 2.38. The maximum Gasteiger partial charge on any atom is 0.418 e. The van der Waals surface area contributed by atoms with Gasteiger partial charge in [0.1, 0.15) is 17.4 Å². The molecule has 0 spiro atoms. The molecule has 2 aliphatic carbocycles. The maximum atomic E-state index is 13.0. The minimum atomic E-state index is -0.512. The molecule has 5 N–H and O–H groups in total. The third-order valence-corrected chi connectivity index (χ3v) is 16.0. The maximum absolute atomic E-state index is 13.0. The molecule has 11 rings (SSSR count). The van der Waals surface area contributed by atoms with E-state index in [4.69, 9.17) is 30.1 Å². The van der Waals surface area contributed by atoms with Gasteiger partial charge in [-0.1, -0.05) is 81.3 Å². The predicted molar refractivity (Wildman–Crippen MR) is 299 cm³/mol. The van der Waals surface area contributed by atoms with Crippen LogP contribution in [0.5, 0.6) is 5.75 Å². The molecule has 3 aromatic carbocycles. The lowest BCUT2D eigenvalue weighted by Gasteiger charge is -2.26. The quantitative estimate of drug-likeness (QED) is 0.0907. The molecule has 19 heteroatoms. The Labute approximate surface area is 447 Å². The van der Waals surface area contributed by atoms with Crippen LogP contribution < -0.4 is 26.4 Å². The zero-order valence-corrected chi connectivity index (χ0v) is 45.6. The number of hydrogen-bond acceptors (Lipinski definition) is 14. The Morgan fingerprint density at radius 2 is 1.12 bits per heavy atom. The Morgan fingerprint density at radius 3 is 1.61 bits per heavy atom. The highest BCUT2D eigenvalue weighted by atomic mass is 32.1. The average molecular weight is 1060 g/mol. The zero-order valence-electron chi connectivity index (χ0n) is 44.0. The number of urea groups is 1. The predicted octanol–water partition coefficient (Wildman–Crippen LogP) is 10.00. The summed E-state index contributed by atoms with van der Waals surface area (Å²) in [4.78, 5) is 41.2. The summed E-state index contributed by atoms with van der Waals surface area (Å²) in [7, 11) is 0. The molecule has 75 heavy (non-hydrogen) atoms. The minimum absolute atomic E-state index is 0.00888. The van der Waals surface area contributed by atoms with Crippen molar-refractivity contribution in [3.05, 3.63) is 135 Å². The molecule has 2 saturated heterocycles. The van der Waals surface area contributed by atoms with Crippen molar-refractivity contribution in [3.8, 4) is 17.1 Å². The van der Waals surface area contributed by atoms with Crippen LogP contribution in [0.2, 0.25) is 0 Å². The van der Waals surface area contributed by atoms with E-state index in [0.717, 1.165) is 149 Å². The number of ether oxygens (including phenoxy) is 3. The Morgan fingerprint density at radius 1 is 0.640 bits per heavy atom. The Balaban J connectivity index is 0.000000149. The van der Waals surface area contributed by atoms with Gasteiger partial charge in [0.05, 0.1) is 49.2 Å². The molecule has 4 aliphatic rings. The van der Waals surface area contributed by atoms with Gasteiger partial charge in [0.2, 0.25) is 0 Å². The number of nitrogens with two attached hydrogens (primary N) is 1. The van der Waals surface area contributed by atoms with E-state index in [-0.39, 0.29) is 16.9 Å². The van der Waals surface area contributed by atoms with Crippen LogP contribution in [0.4, 0.5) is 31.5 Å². The molecular weight excluding hydrogens is 985 g/mol. The first-order valence-corrected chi connectivity index (χ1v) is 27.6. The van der Waals surface area contributed by atoms with Crippen molar-refractivity contribution in [2.75, 3.05) is 87.4 Å². The fourth-order valence-electron chi connectivity index (χ4n) is 9.64. The SMILES string of the molecule is Cc1ccc(-n2nc3c(c2NC(=O)Nc2ncc(CCN4CCOCC4)s2)CCC3(C)C)cc1.Cc1ccc(-n2nc3c(c2NC(=O)Oc2ccccc2)CCC3(C)C)cc1.Nc1ncc(CCN2CCOCC2)s1. The van der Waals surface area contributed by atoms with Crippen LogP contribution in [-0.4, -0.2) is 117 Å². The molecule has 4 aromatic heterocycles. The van der Waals surface area contributed by atoms with Crippen LogP contribution in [0.15, 0.2) is 91.3 Å². The topological polar surface area (TPSA) is 192 Å². The largest absolute Gasteiger partial charge is 0.418 e. The number of fused-ring (bicyclic) bond motifs is 2. The number of hydrogen-bond donors (Lipinski definition) is 4.